The highest BCUT2D eigenvalue weighted by Gasteiger charge is 2.30. The molecule has 1 aromatic heterocycles. The van der Waals surface area contributed by atoms with Crippen LogP contribution < -0.4 is 10.6 Å². The number of nitrogens with zero attached hydrogens (tertiary/aromatic N) is 3. The second kappa shape index (κ2) is 7.38. The van der Waals surface area contributed by atoms with Crippen LogP contribution in [0.25, 0.3) is 0 Å². The van der Waals surface area contributed by atoms with Crippen molar-refractivity contribution in [1.29, 1.82) is 0 Å². The minimum Gasteiger partial charge on any atom is -0.349 e. The Kier molecular flexibility index (Phi) is 5.01. The third kappa shape index (κ3) is 4.69. The molecule has 1 heterocycles. The fourth-order valence-corrected chi connectivity index (χ4v) is 2.36. The summed E-state index contributed by atoms with van der Waals surface area (Å²) in [5.74, 6) is 0.578. The van der Waals surface area contributed by atoms with Gasteiger partial charge < -0.3 is 10.6 Å². The van der Waals surface area contributed by atoms with Gasteiger partial charge in [-0.05, 0) is 30.7 Å². The zero-order valence-electron chi connectivity index (χ0n) is 13.9. The standard InChI is InChI=1S/C18H16F3N5/c1-12-4-2-5-13(8-12)10-22-17-25-16(11-23-26-17)24-15-7-3-6-14(9-15)18(19,20)21/h2-9,11H,10H2,1H3,(H2,22,24,25,26). The van der Waals surface area contributed by atoms with Crippen LogP contribution in [-0.4, -0.2) is 15.2 Å². The predicted octanol–water partition coefficient (Wildman–Crippen LogP) is 4.55. The monoisotopic (exact) mass is 359 g/mol. The van der Waals surface area contributed by atoms with Gasteiger partial charge in [-0.2, -0.15) is 23.3 Å². The minimum atomic E-state index is -4.40. The highest BCUT2D eigenvalue weighted by atomic mass is 19.4. The molecule has 0 amide bonds. The first-order valence-corrected chi connectivity index (χ1v) is 7.83. The van der Waals surface area contributed by atoms with Gasteiger partial charge in [0, 0.05) is 12.2 Å². The van der Waals surface area contributed by atoms with Gasteiger partial charge in [0.1, 0.15) is 0 Å². The first kappa shape index (κ1) is 17.7. The van der Waals surface area contributed by atoms with E-state index in [4.69, 9.17) is 0 Å². The Morgan fingerprint density at radius 3 is 2.62 bits per heavy atom. The molecule has 0 atom stereocenters. The number of rotatable bonds is 5. The van der Waals surface area contributed by atoms with E-state index >= 15 is 0 Å². The SMILES string of the molecule is Cc1cccc(CNc2nncc(Nc3cccc(C(F)(F)F)c3)n2)c1. The molecule has 5 nitrogen and oxygen atoms in total. The van der Waals surface area contributed by atoms with Gasteiger partial charge in [-0.15, -0.1) is 5.10 Å². The average Bonchev–Trinajstić information content (AvgIpc) is 2.60. The first-order valence-electron chi connectivity index (χ1n) is 7.83. The molecule has 0 radical (unpaired) electrons. The fourth-order valence-electron chi connectivity index (χ4n) is 2.36. The number of hydrogen-bond donors (Lipinski definition) is 2. The number of halogens is 3. The van der Waals surface area contributed by atoms with E-state index in [0.29, 0.717) is 12.4 Å². The van der Waals surface area contributed by atoms with Crippen molar-refractivity contribution >= 4 is 17.5 Å². The van der Waals surface area contributed by atoms with Gasteiger partial charge in [-0.3, -0.25) is 0 Å². The Morgan fingerprint density at radius 1 is 1.04 bits per heavy atom. The van der Waals surface area contributed by atoms with Crippen LogP contribution in [0.2, 0.25) is 0 Å². The number of benzene rings is 2. The Hall–Kier alpha value is -3.16. The van der Waals surface area contributed by atoms with Crippen molar-refractivity contribution in [3.05, 3.63) is 71.4 Å². The van der Waals surface area contributed by atoms with E-state index in [0.717, 1.165) is 23.3 Å². The van der Waals surface area contributed by atoms with Crippen LogP contribution in [-0.2, 0) is 12.7 Å². The number of hydrogen-bond acceptors (Lipinski definition) is 5. The van der Waals surface area contributed by atoms with Crippen molar-refractivity contribution in [3.63, 3.8) is 0 Å². The molecule has 3 rings (SSSR count). The van der Waals surface area contributed by atoms with Gasteiger partial charge in [0.05, 0.1) is 11.8 Å². The van der Waals surface area contributed by atoms with Crippen LogP contribution in [0.5, 0.6) is 0 Å². The Morgan fingerprint density at radius 2 is 1.85 bits per heavy atom. The summed E-state index contributed by atoms with van der Waals surface area (Å²) in [5, 5.41) is 13.6. The molecule has 0 bridgehead atoms. The Labute approximate surface area is 148 Å². The lowest BCUT2D eigenvalue weighted by atomic mass is 10.1. The van der Waals surface area contributed by atoms with E-state index in [-0.39, 0.29) is 11.6 Å². The maximum absolute atomic E-state index is 12.8. The number of aromatic nitrogens is 3. The summed E-state index contributed by atoms with van der Waals surface area (Å²) in [6.45, 7) is 2.51. The maximum atomic E-state index is 12.8. The third-order valence-corrected chi connectivity index (χ3v) is 3.55. The summed E-state index contributed by atoms with van der Waals surface area (Å²) in [6.07, 6.45) is -3.06. The first-order chi connectivity index (χ1) is 12.4. The van der Waals surface area contributed by atoms with Gasteiger partial charge in [-0.1, -0.05) is 35.9 Å². The average molecular weight is 359 g/mol. The molecule has 3 aromatic rings. The smallest absolute Gasteiger partial charge is 0.349 e. The van der Waals surface area contributed by atoms with Crippen molar-refractivity contribution in [2.75, 3.05) is 10.6 Å². The van der Waals surface area contributed by atoms with Crippen molar-refractivity contribution in [2.45, 2.75) is 19.6 Å². The zero-order valence-corrected chi connectivity index (χ0v) is 13.9. The zero-order chi connectivity index (χ0) is 18.6. The maximum Gasteiger partial charge on any atom is 0.416 e. The van der Waals surface area contributed by atoms with E-state index in [1.807, 2.05) is 31.2 Å². The summed E-state index contributed by atoms with van der Waals surface area (Å²) >= 11 is 0. The molecule has 0 fully saturated rings. The van der Waals surface area contributed by atoms with Crippen LogP contribution in [0, 0.1) is 6.92 Å². The number of anilines is 3. The minimum absolute atomic E-state index is 0.268. The molecule has 0 saturated carbocycles. The van der Waals surface area contributed by atoms with Gasteiger partial charge >= 0.3 is 6.18 Å². The molecule has 0 aliphatic carbocycles. The van der Waals surface area contributed by atoms with Gasteiger partial charge in [0.25, 0.3) is 0 Å². The molecule has 0 aliphatic rings. The normalized spacial score (nSPS) is 11.2. The van der Waals surface area contributed by atoms with E-state index in [1.165, 1.54) is 18.3 Å². The predicted molar refractivity (Wildman–Crippen MR) is 93.1 cm³/mol. The molecule has 0 unspecified atom stereocenters. The fraction of sp³-hybridized carbons (Fsp3) is 0.167. The van der Waals surface area contributed by atoms with Crippen LogP contribution in [0.1, 0.15) is 16.7 Å². The molecule has 0 spiro atoms. The highest BCUT2D eigenvalue weighted by molar-refractivity contribution is 5.57. The van der Waals surface area contributed by atoms with Gasteiger partial charge in [0.15, 0.2) is 5.82 Å². The van der Waals surface area contributed by atoms with Gasteiger partial charge in [0.2, 0.25) is 5.95 Å². The van der Waals surface area contributed by atoms with Crippen LogP contribution in [0.3, 0.4) is 0 Å². The molecular weight excluding hydrogens is 343 g/mol. The Bertz CT molecular complexity index is 896. The molecule has 2 aromatic carbocycles. The van der Waals surface area contributed by atoms with E-state index < -0.39 is 11.7 Å². The number of nitrogens with one attached hydrogen (secondary N) is 2. The third-order valence-electron chi connectivity index (χ3n) is 3.55. The van der Waals surface area contributed by atoms with Gasteiger partial charge in [-0.25, -0.2) is 0 Å². The lowest BCUT2D eigenvalue weighted by Crippen LogP contribution is -2.07. The van der Waals surface area contributed by atoms with E-state index in [2.05, 4.69) is 25.8 Å². The van der Waals surface area contributed by atoms with Crippen molar-refractivity contribution < 1.29 is 13.2 Å². The lowest BCUT2D eigenvalue weighted by molar-refractivity contribution is -0.137. The second-order valence-electron chi connectivity index (χ2n) is 5.71. The molecule has 0 saturated heterocycles. The molecule has 134 valence electrons. The Balaban J connectivity index is 1.69. The topological polar surface area (TPSA) is 62.7 Å². The molecule has 8 heteroatoms. The largest absolute Gasteiger partial charge is 0.416 e. The van der Waals surface area contributed by atoms with Crippen molar-refractivity contribution in [3.8, 4) is 0 Å². The lowest BCUT2D eigenvalue weighted by Gasteiger charge is -2.10. The van der Waals surface area contributed by atoms with Crippen LogP contribution in [0.4, 0.5) is 30.6 Å². The molecule has 0 aliphatic heterocycles. The molecular formula is C18H16F3N5. The van der Waals surface area contributed by atoms with E-state index in [1.54, 1.807) is 0 Å². The number of alkyl halides is 3. The quantitative estimate of drug-likeness (QED) is 0.699. The summed E-state index contributed by atoms with van der Waals surface area (Å²) in [4.78, 5) is 4.22. The highest BCUT2D eigenvalue weighted by Crippen LogP contribution is 2.31. The molecule has 2 N–H and O–H groups in total. The second-order valence-corrected chi connectivity index (χ2v) is 5.71. The van der Waals surface area contributed by atoms with E-state index in [9.17, 15) is 13.2 Å². The van der Waals surface area contributed by atoms with Crippen molar-refractivity contribution in [1.82, 2.24) is 15.2 Å². The summed E-state index contributed by atoms with van der Waals surface area (Å²) in [7, 11) is 0. The van der Waals surface area contributed by atoms with Crippen molar-refractivity contribution in [2.24, 2.45) is 0 Å². The summed E-state index contributed by atoms with van der Waals surface area (Å²) < 4.78 is 38.4. The molecule has 26 heavy (non-hydrogen) atoms. The number of aryl methyl sites for hydroxylation is 1. The van der Waals surface area contributed by atoms with Crippen LogP contribution in [0.15, 0.2) is 54.7 Å². The summed E-state index contributed by atoms with van der Waals surface area (Å²) in [5.41, 5.74) is 1.74. The van der Waals surface area contributed by atoms with Crippen LogP contribution >= 0.6 is 0 Å². The summed E-state index contributed by atoms with van der Waals surface area (Å²) in [6, 6.07) is 12.8.